The molecule has 1 unspecified atom stereocenters. The smallest absolute Gasteiger partial charge is 0.222 e. The maximum atomic E-state index is 11.8. The molecule has 126 valence electrons. The van der Waals surface area contributed by atoms with Gasteiger partial charge >= 0.3 is 0 Å². The molecule has 7 heteroatoms. The Morgan fingerprint density at radius 2 is 2.09 bits per heavy atom. The zero-order valence-corrected chi connectivity index (χ0v) is 14.4. The van der Waals surface area contributed by atoms with E-state index in [2.05, 4.69) is 27.7 Å². The molecule has 0 saturated carbocycles. The molecule has 0 aromatic heterocycles. The highest BCUT2D eigenvalue weighted by Crippen LogP contribution is 2.09. The number of ether oxygens (including phenoxy) is 1. The third-order valence-corrected chi connectivity index (χ3v) is 3.38. The number of hydrogen-bond donors (Lipinski definition) is 2. The summed E-state index contributed by atoms with van der Waals surface area (Å²) in [5.41, 5.74) is 1.15. The number of nitrogens with zero attached hydrogens (tertiary/aromatic N) is 1. The maximum absolute atomic E-state index is 11.8. The number of rotatable bonds is 6. The molecule has 1 heterocycles. The highest BCUT2D eigenvalue weighted by molar-refractivity contribution is 5.85. The molecule has 5 nitrogen and oxygen atoms in total. The Kier molecular flexibility index (Phi) is 11.0. The van der Waals surface area contributed by atoms with Gasteiger partial charge in [0.05, 0.1) is 19.1 Å². The molecule has 0 aliphatic carbocycles. The molecule has 2 N–H and O–H groups in total. The number of benzene rings is 1. The van der Waals surface area contributed by atoms with Crippen LogP contribution in [0.25, 0.3) is 0 Å². The van der Waals surface area contributed by atoms with E-state index < -0.39 is 0 Å². The van der Waals surface area contributed by atoms with Crippen molar-refractivity contribution in [3.05, 3.63) is 30.3 Å². The number of hydrogen-bond acceptors (Lipinski definition) is 4. The molecular formula is C15H25Cl2N3O2. The van der Waals surface area contributed by atoms with E-state index in [0.29, 0.717) is 19.6 Å². The zero-order valence-electron chi connectivity index (χ0n) is 12.8. The lowest BCUT2D eigenvalue weighted by atomic mass is 10.2. The fourth-order valence-corrected chi connectivity index (χ4v) is 2.20. The fourth-order valence-electron chi connectivity index (χ4n) is 2.20. The van der Waals surface area contributed by atoms with Gasteiger partial charge in [-0.15, -0.1) is 24.8 Å². The van der Waals surface area contributed by atoms with Crippen molar-refractivity contribution in [2.45, 2.75) is 12.5 Å². The first kappa shape index (κ1) is 21.0. The number of nitrogens with one attached hydrogen (secondary N) is 2. The summed E-state index contributed by atoms with van der Waals surface area (Å²) in [6.45, 7) is 3.76. The van der Waals surface area contributed by atoms with Crippen LogP contribution in [0.15, 0.2) is 30.3 Å². The summed E-state index contributed by atoms with van der Waals surface area (Å²) < 4.78 is 5.51. The van der Waals surface area contributed by atoms with Gasteiger partial charge < -0.3 is 20.3 Å². The van der Waals surface area contributed by atoms with Crippen LogP contribution in [0.3, 0.4) is 0 Å². The average Bonchev–Trinajstić information content (AvgIpc) is 2.49. The number of halogens is 2. The minimum atomic E-state index is 0. The minimum absolute atomic E-state index is 0. The van der Waals surface area contributed by atoms with Crippen LogP contribution in [0, 0.1) is 0 Å². The second kappa shape index (κ2) is 11.5. The molecule has 1 saturated heterocycles. The first-order valence-electron chi connectivity index (χ1n) is 7.11. The summed E-state index contributed by atoms with van der Waals surface area (Å²) in [4.78, 5) is 13.9. The lowest BCUT2D eigenvalue weighted by Gasteiger charge is -2.23. The molecule has 1 amide bonds. The Bertz CT molecular complexity index is 415. The molecule has 2 rings (SSSR count). The molecule has 0 bridgehead atoms. The molecule has 0 radical (unpaired) electrons. The Balaban J connectivity index is 0.00000220. The van der Waals surface area contributed by atoms with Crippen molar-refractivity contribution in [2.75, 3.05) is 44.7 Å². The number of para-hydroxylation sites is 1. The number of morpholine rings is 1. The predicted molar refractivity (Wildman–Crippen MR) is 94.4 cm³/mol. The van der Waals surface area contributed by atoms with Gasteiger partial charge in [0, 0.05) is 38.9 Å². The van der Waals surface area contributed by atoms with Crippen LogP contribution in [0.1, 0.15) is 6.42 Å². The zero-order chi connectivity index (χ0) is 14.2. The van der Waals surface area contributed by atoms with E-state index in [1.165, 1.54) is 0 Å². The van der Waals surface area contributed by atoms with Gasteiger partial charge in [-0.1, -0.05) is 18.2 Å². The van der Waals surface area contributed by atoms with E-state index in [-0.39, 0.29) is 36.8 Å². The second-order valence-electron chi connectivity index (χ2n) is 5.01. The molecule has 22 heavy (non-hydrogen) atoms. The highest BCUT2D eigenvalue weighted by Gasteiger charge is 2.16. The fraction of sp³-hybridized carbons (Fsp3) is 0.533. The minimum Gasteiger partial charge on any atom is -0.375 e. The van der Waals surface area contributed by atoms with Gasteiger partial charge in [0.1, 0.15) is 0 Å². The van der Waals surface area contributed by atoms with Gasteiger partial charge in [0.15, 0.2) is 0 Å². The average molecular weight is 350 g/mol. The Labute approximate surface area is 144 Å². The van der Waals surface area contributed by atoms with Crippen molar-refractivity contribution >= 4 is 36.4 Å². The van der Waals surface area contributed by atoms with Gasteiger partial charge in [0.25, 0.3) is 0 Å². The molecular weight excluding hydrogens is 325 g/mol. The van der Waals surface area contributed by atoms with Crippen molar-refractivity contribution in [1.29, 1.82) is 0 Å². The molecule has 1 aromatic rings. The Hall–Kier alpha value is -1.01. The Morgan fingerprint density at radius 1 is 1.36 bits per heavy atom. The van der Waals surface area contributed by atoms with Gasteiger partial charge in [0.2, 0.25) is 5.91 Å². The van der Waals surface area contributed by atoms with Crippen LogP contribution >= 0.6 is 24.8 Å². The molecule has 0 spiro atoms. The number of amides is 1. The van der Waals surface area contributed by atoms with E-state index in [9.17, 15) is 4.79 Å². The van der Waals surface area contributed by atoms with Crippen LogP contribution in [0.5, 0.6) is 0 Å². The van der Waals surface area contributed by atoms with Gasteiger partial charge in [-0.25, -0.2) is 0 Å². The number of carbonyl (C=O) groups excluding carboxylic acids is 1. The van der Waals surface area contributed by atoms with E-state index in [4.69, 9.17) is 4.74 Å². The van der Waals surface area contributed by atoms with Gasteiger partial charge in [-0.2, -0.15) is 0 Å². The van der Waals surface area contributed by atoms with Crippen molar-refractivity contribution < 1.29 is 9.53 Å². The van der Waals surface area contributed by atoms with Crippen LogP contribution < -0.4 is 15.5 Å². The molecule has 1 fully saturated rings. The topological polar surface area (TPSA) is 53.6 Å². The van der Waals surface area contributed by atoms with Crippen molar-refractivity contribution in [3.8, 4) is 0 Å². The van der Waals surface area contributed by atoms with E-state index in [0.717, 1.165) is 25.3 Å². The van der Waals surface area contributed by atoms with Gasteiger partial charge in [-0.05, 0) is 12.1 Å². The predicted octanol–water partition coefficient (Wildman–Crippen LogP) is 1.46. The lowest BCUT2D eigenvalue weighted by Crippen LogP contribution is -2.42. The standard InChI is InChI=1S/C15H23N3O2.2ClH/c1-18(13-5-3-2-4-6-13)9-7-17-15(19)11-14-12-16-8-10-20-14;;/h2-6,14,16H,7-12H2,1H3,(H,17,19);2*1H. The largest absolute Gasteiger partial charge is 0.375 e. The molecule has 1 aliphatic heterocycles. The summed E-state index contributed by atoms with van der Waals surface area (Å²) in [5.74, 6) is 0.0557. The van der Waals surface area contributed by atoms with Crippen LogP contribution in [0.4, 0.5) is 5.69 Å². The van der Waals surface area contributed by atoms with Crippen LogP contribution in [-0.4, -0.2) is 51.8 Å². The van der Waals surface area contributed by atoms with E-state index in [1.54, 1.807) is 0 Å². The van der Waals surface area contributed by atoms with E-state index in [1.807, 2.05) is 25.2 Å². The molecule has 1 aromatic carbocycles. The first-order valence-corrected chi connectivity index (χ1v) is 7.11. The first-order chi connectivity index (χ1) is 9.75. The number of likely N-dealkylation sites (N-methyl/N-ethyl adjacent to an activating group) is 1. The normalized spacial score (nSPS) is 16.9. The SMILES string of the molecule is CN(CCNC(=O)CC1CNCCO1)c1ccccc1.Cl.Cl. The lowest BCUT2D eigenvalue weighted by molar-refractivity contribution is -0.124. The van der Waals surface area contributed by atoms with Crippen LogP contribution in [0.2, 0.25) is 0 Å². The molecule has 1 atom stereocenters. The summed E-state index contributed by atoms with van der Waals surface area (Å²) in [6, 6.07) is 10.1. The summed E-state index contributed by atoms with van der Waals surface area (Å²) >= 11 is 0. The Morgan fingerprint density at radius 3 is 2.73 bits per heavy atom. The third kappa shape index (κ3) is 7.31. The second-order valence-corrected chi connectivity index (χ2v) is 5.01. The summed E-state index contributed by atoms with van der Waals surface area (Å²) in [6.07, 6.45) is 0.442. The third-order valence-electron chi connectivity index (χ3n) is 3.38. The van der Waals surface area contributed by atoms with E-state index >= 15 is 0 Å². The number of anilines is 1. The van der Waals surface area contributed by atoms with Crippen molar-refractivity contribution in [3.63, 3.8) is 0 Å². The van der Waals surface area contributed by atoms with Crippen molar-refractivity contribution in [2.24, 2.45) is 0 Å². The maximum Gasteiger partial charge on any atom is 0.222 e. The van der Waals surface area contributed by atoms with Crippen molar-refractivity contribution in [1.82, 2.24) is 10.6 Å². The van der Waals surface area contributed by atoms with Gasteiger partial charge in [-0.3, -0.25) is 4.79 Å². The summed E-state index contributed by atoms with van der Waals surface area (Å²) in [7, 11) is 2.02. The quantitative estimate of drug-likeness (QED) is 0.816. The van der Waals surface area contributed by atoms with Crippen LogP contribution in [-0.2, 0) is 9.53 Å². The number of carbonyl (C=O) groups is 1. The molecule has 1 aliphatic rings. The highest BCUT2D eigenvalue weighted by atomic mass is 35.5. The monoisotopic (exact) mass is 349 g/mol. The summed E-state index contributed by atoms with van der Waals surface area (Å²) in [5, 5.41) is 6.17.